The zero-order valence-corrected chi connectivity index (χ0v) is 13.9. The SMILES string of the molecule is [C-]#[N+]/C(C#N)=c1\c(=O)c2ccc(-c3cccc(OC=O)c3)c3cccc1c32. The number of carbonyl (C=O) groups is 1. The maximum Gasteiger partial charge on any atom is 0.298 e. The summed E-state index contributed by atoms with van der Waals surface area (Å²) < 4.78 is 4.92. The molecule has 5 nitrogen and oxygen atoms in total. The first kappa shape index (κ1) is 16.3. The van der Waals surface area contributed by atoms with Gasteiger partial charge in [0, 0.05) is 16.0 Å². The standard InChI is InChI=1S/C22H10N2O3/c1-24-19(11-23)21-17-7-3-6-16-15(8-9-18(20(16)17)22(21)26)13-4-2-5-14(10-13)27-12-25/h2-10,12H/b21-19-. The molecule has 4 aromatic rings. The Balaban J connectivity index is 2.14. The minimum Gasteiger partial charge on any atom is -0.429 e. The molecule has 126 valence electrons. The quantitative estimate of drug-likeness (QED) is 0.420. The second-order valence-electron chi connectivity index (χ2n) is 5.91. The Labute approximate surface area is 153 Å². The molecule has 0 unspecified atom stereocenters. The summed E-state index contributed by atoms with van der Waals surface area (Å²) >= 11 is 0. The molecule has 27 heavy (non-hydrogen) atoms. The van der Waals surface area contributed by atoms with Crippen LogP contribution in [-0.2, 0) is 4.79 Å². The number of rotatable bonds is 3. The highest BCUT2D eigenvalue weighted by molar-refractivity contribution is 6.17. The number of nitrogens with zero attached hydrogens (tertiary/aromatic N) is 2. The molecule has 0 spiro atoms. The van der Waals surface area contributed by atoms with Crippen LogP contribution >= 0.6 is 0 Å². The second-order valence-corrected chi connectivity index (χ2v) is 5.91. The molecule has 5 heteroatoms. The van der Waals surface area contributed by atoms with E-state index in [0.29, 0.717) is 23.0 Å². The van der Waals surface area contributed by atoms with E-state index in [2.05, 4.69) is 4.85 Å². The van der Waals surface area contributed by atoms with Crippen LogP contribution in [0.15, 0.2) is 59.4 Å². The monoisotopic (exact) mass is 350 g/mol. The molecule has 0 heterocycles. The molecule has 0 aliphatic carbocycles. The van der Waals surface area contributed by atoms with Crippen LogP contribution in [0, 0.1) is 17.9 Å². The average Bonchev–Trinajstić information content (AvgIpc) is 2.98. The van der Waals surface area contributed by atoms with E-state index in [1.807, 2.05) is 24.3 Å². The molecule has 0 aliphatic heterocycles. The van der Waals surface area contributed by atoms with Gasteiger partial charge in [-0.1, -0.05) is 36.4 Å². The smallest absolute Gasteiger partial charge is 0.298 e. The van der Waals surface area contributed by atoms with Gasteiger partial charge in [0.15, 0.2) is 5.43 Å². The molecule has 4 rings (SSSR count). The number of benzene rings is 3. The lowest BCUT2D eigenvalue weighted by atomic mass is 9.96. The minimum absolute atomic E-state index is 0.156. The van der Waals surface area contributed by atoms with Crippen LogP contribution in [0.2, 0.25) is 0 Å². The van der Waals surface area contributed by atoms with Crippen LogP contribution in [0.5, 0.6) is 5.75 Å². The van der Waals surface area contributed by atoms with Gasteiger partial charge in [0.2, 0.25) is 0 Å². The van der Waals surface area contributed by atoms with Gasteiger partial charge in [-0.15, -0.1) is 0 Å². The molecule has 0 saturated heterocycles. The highest BCUT2D eigenvalue weighted by Gasteiger charge is 2.16. The maximum absolute atomic E-state index is 12.8. The van der Waals surface area contributed by atoms with Crippen molar-refractivity contribution in [3.63, 3.8) is 0 Å². The summed E-state index contributed by atoms with van der Waals surface area (Å²) in [6, 6.07) is 17.9. The molecule has 0 saturated carbocycles. The van der Waals surface area contributed by atoms with E-state index in [1.54, 1.807) is 36.4 Å². The lowest BCUT2D eigenvalue weighted by Crippen LogP contribution is -2.21. The fourth-order valence-corrected chi connectivity index (χ4v) is 3.48. The zero-order valence-electron chi connectivity index (χ0n) is 13.9. The summed E-state index contributed by atoms with van der Waals surface area (Å²) in [7, 11) is 0. The van der Waals surface area contributed by atoms with Crippen molar-refractivity contribution in [3.05, 3.63) is 81.5 Å². The van der Waals surface area contributed by atoms with Gasteiger partial charge in [-0.25, -0.2) is 10.1 Å². The van der Waals surface area contributed by atoms with Crippen molar-refractivity contribution in [1.82, 2.24) is 0 Å². The first-order valence-electron chi connectivity index (χ1n) is 8.03. The Morgan fingerprint density at radius 1 is 1.07 bits per heavy atom. The highest BCUT2D eigenvalue weighted by Crippen LogP contribution is 2.34. The Morgan fingerprint density at radius 3 is 2.59 bits per heavy atom. The molecule has 0 fully saturated rings. The van der Waals surface area contributed by atoms with E-state index < -0.39 is 0 Å². The summed E-state index contributed by atoms with van der Waals surface area (Å²) in [5.74, 6) is 0.419. The highest BCUT2D eigenvalue weighted by atomic mass is 16.5. The van der Waals surface area contributed by atoms with E-state index in [0.717, 1.165) is 21.9 Å². The third-order valence-electron chi connectivity index (χ3n) is 4.57. The summed E-state index contributed by atoms with van der Waals surface area (Å²) in [5, 5.41) is 12.0. The average molecular weight is 350 g/mol. The predicted molar refractivity (Wildman–Crippen MR) is 102 cm³/mol. The summed E-state index contributed by atoms with van der Waals surface area (Å²) in [6.45, 7) is 7.57. The molecule has 0 aromatic heterocycles. The Hall–Kier alpha value is -4.22. The molecule has 0 aliphatic rings. The van der Waals surface area contributed by atoms with Crippen LogP contribution in [-0.4, -0.2) is 6.47 Å². The predicted octanol–water partition coefficient (Wildman–Crippen LogP) is 3.26. The van der Waals surface area contributed by atoms with Crippen molar-refractivity contribution in [3.8, 4) is 22.9 Å². The second kappa shape index (κ2) is 6.25. The van der Waals surface area contributed by atoms with Gasteiger partial charge in [0.05, 0.1) is 12.6 Å². The molecular formula is C22H10N2O3. The maximum atomic E-state index is 12.8. The van der Waals surface area contributed by atoms with E-state index in [1.165, 1.54) is 0 Å². The third kappa shape index (κ3) is 2.38. The molecule has 0 radical (unpaired) electrons. The van der Waals surface area contributed by atoms with Gasteiger partial charge in [0.1, 0.15) is 5.75 Å². The van der Waals surface area contributed by atoms with Crippen LogP contribution in [0.4, 0.5) is 0 Å². The van der Waals surface area contributed by atoms with Crippen molar-refractivity contribution in [1.29, 1.82) is 5.26 Å². The van der Waals surface area contributed by atoms with Crippen LogP contribution in [0.1, 0.15) is 0 Å². The number of hydrogen-bond acceptors (Lipinski definition) is 4. The Morgan fingerprint density at radius 2 is 1.85 bits per heavy atom. The fourth-order valence-electron chi connectivity index (χ4n) is 3.48. The molecule has 0 amide bonds. The van der Waals surface area contributed by atoms with E-state index in [9.17, 15) is 14.9 Å². The fraction of sp³-hybridized carbons (Fsp3) is 0. The van der Waals surface area contributed by atoms with Gasteiger partial charge in [-0.05, 0) is 40.1 Å². The van der Waals surface area contributed by atoms with E-state index >= 15 is 0 Å². The number of carbonyl (C=O) groups excluding carboxylic acids is 1. The van der Waals surface area contributed by atoms with Gasteiger partial charge >= 0.3 is 0 Å². The third-order valence-corrected chi connectivity index (χ3v) is 4.57. The minimum atomic E-state index is -0.307. The van der Waals surface area contributed by atoms with Gasteiger partial charge in [-0.3, -0.25) is 9.59 Å². The topological polar surface area (TPSA) is 71.5 Å². The van der Waals surface area contributed by atoms with Crippen LogP contribution < -0.4 is 15.4 Å². The largest absolute Gasteiger partial charge is 0.429 e. The van der Waals surface area contributed by atoms with Gasteiger partial charge in [0.25, 0.3) is 12.2 Å². The van der Waals surface area contributed by atoms with Crippen molar-refractivity contribution < 1.29 is 9.53 Å². The lowest BCUT2D eigenvalue weighted by molar-refractivity contribution is -0.120. The molecule has 0 N–H and O–H groups in total. The Bertz CT molecular complexity index is 1390. The molecule has 4 aromatic carbocycles. The zero-order chi connectivity index (χ0) is 19.0. The summed E-state index contributed by atoms with van der Waals surface area (Å²) in [4.78, 5) is 26.6. The molecule has 0 bridgehead atoms. The van der Waals surface area contributed by atoms with Gasteiger partial charge < -0.3 is 4.74 Å². The number of ether oxygens (including phenoxy) is 1. The van der Waals surface area contributed by atoms with Crippen molar-refractivity contribution >= 4 is 33.7 Å². The van der Waals surface area contributed by atoms with E-state index in [-0.39, 0.29) is 16.3 Å². The number of hydrogen-bond donors (Lipinski definition) is 0. The molecular weight excluding hydrogens is 340 g/mol. The summed E-state index contributed by atoms with van der Waals surface area (Å²) in [6.07, 6.45) is 0. The lowest BCUT2D eigenvalue weighted by Gasteiger charge is -2.08. The molecule has 0 atom stereocenters. The van der Waals surface area contributed by atoms with Crippen LogP contribution in [0.3, 0.4) is 0 Å². The summed E-state index contributed by atoms with van der Waals surface area (Å²) in [5.41, 5.74) is 1.18. The van der Waals surface area contributed by atoms with Crippen LogP contribution in [0.25, 0.3) is 43.2 Å². The normalized spacial score (nSPS) is 11.8. The first-order valence-corrected chi connectivity index (χ1v) is 8.03. The van der Waals surface area contributed by atoms with Crippen molar-refractivity contribution in [2.24, 2.45) is 0 Å². The van der Waals surface area contributed by atoms with E-state index in [4.69, 9.17) is 11.3 Å². The van der Waals surface area contributed by atoms with Crippen molar-refractivity contribution in [2.75, 3.05) is 0 Å². The van der Waals surface area contributed by atoms with Crippen molar-refractivity contribution in [2.45, 2.75) is 0 Å². The number of nitriles is 1. The Kier molecular flexibility index (Phi) is 3.77. The van der Waals surface area contributed by atoms with Gasteiger partial charge in [-0.2, -0.15) is 0 Å². The first-order chi connectivity index (χ1) is 13.2.